The van der Waals surface area contributed by atoms with E-state index in [4.69, 9.17) is 0 Å². The van der Waals surface area contributed by atoms with Gasteiger partial charge in [0.1, 0.15) is 5.82 Å². The molecule has 1 heterocycles. The van der Waals surface area contributed by atoms with Crippen LogP contribution in [0.25, 0.3) is 0 Å². The van der Waals surface area contributed by atoms with Crippen molar-refractivity contribution in [3.05, 3.63) is 28.5 Å². The zero-order chi connectivity index (χ0) is 15.8. The Bertz CT molecular complexity index is 679. The van der Waals surface area contributed by atoms with Crippen molar-refractivity contribution >= 4 is 31.9 Å². The molecule has 1 aliphatic heterocycles. The number of aliphatic carboxylic acids is 1. The molecular formula is C13H15BrFNO4S. The highest BCUT2D eigenvalue weighted by atomic mass is 79.9. The molecule has 1 unspecified atom stereocenters. The summed E-state index contributed by atoms with van der Waals surface area (Å²) in [5, 5.41) is 9.33. The van der Waals surface area contributed by atoms with E-state index in [2.05, 4.69) is 15.9 Å². The maximum Gasteiger partial charge on any atom is 0.311 e. The highest BCUT2D eigenvalue weighted by molar-refractivity contribution is 9.10. The lowest BCUT2D eigenvalue weighted by molar-refractivity contribution is -0.148. The molecule has 1 aromatic carbocycles. The molecule has 5 nitrogen and oxygen atoms in total. The Balaban J connectivity index is 2.36. The van der Waals surface area contributed by atoms with Gasteiger partial charge in [-0.25, -0.2) is 12.8 Å². The van der Waals surface area contributed by atoms with Crippen LogP contribution in [0, 0.1) is 11.2 Å². The lowest BCUT2D eigenvalue weighted by Gasteiger charge is -2.23. The van der Waals surface area contributed by atoms with Gasteiger partial charge >= 0.3 is 5.97 Å². The Morgan fingerprint density at radius 3 is 2.67 bits per heavy atom. The fraction of sp³-hybridized carbons (Fsp3) is 0.462. The summed E-state index contributed by atoms with van der Waals surface area (Å²) in [5.41, 5.74) is -1.04. The monoisotopic (exact) mass is 379 g/mol. The third kappa shape index (κ3) is 2.84. The molecule has 0 amide bonds. The first-order valence-corrected chi connectivity index (χ1v) is 8.65. The van der Waals surface area contributed by atoms with Crippen LogP contribution in [0.4, 0.5) is 4.39 Å². The minimum absolute atomic E-state index is 0.0545. The van der Waals surface area contributed by atoms with Gasteiger partial charge in [0.15, 0.2) is 0 Å². The van der Waals surface area contributed by atoms with E-state index in [1.54, 1.807) is 6.92 Å². The van der Waals surface area contributed by atoms with Gasteiger partial charge in [0.25, 0.3) is 0 Å². The quantitative estimate of drug-likeness (QED) is 0.871. The Kier molecular flexibility index (Phi) is 4.41. The van der Waals surface area contributed by atoms with Gasteiger partial charge in [-0.15, -0.1) is 0 Å². The average molecular weight is 380 g/mol. The maximum atomic E-state index is 13.1. The number of hydrogen-bond acceptors (Lipinski definition) is 3. The molecule has 0 radical (unpaired) electrons. The molecule has 8 heteroatoms. The Hall–Kier alpha value is -0.990. The second-order valence-electron chi connectivity index (χ2n) is 5.10. The van der Waals surface area contributed by atoms with Crippen LogP contribution in [0.15, 0.2) is 27.6 Å². The van der Waals surface area contributed by atoms with Gasteiger partial charge in [-0.1, -0.05) is 6.92 Å². The van der Waals surface area contributed by atoms with Crippen molar-refractivity contribution < 1.29 is 22.7 Å². The lowest BCUT2D eigenvalue weighted by atomic mass is 9.85. The summed E-state index contributed by atoms with van der Waals surface area (Å²) in [6, 6.07) is 3.33. The van der Waals surface area contributed by atoms with Crippen molar-refractivity contribution in [2.24, 2.45) is 5.41 Å². The van der Waals surface area contributed by atoms with Crippen molar-refractivity contribution in [3.8, 4) is 0 Å². The van der Waals surface area contributed by atoms with Crippen molar-refractivity contribution in [1.29, 1.82) is 0 Å². The molecule has 1 fully saturated rings. The van der Waals surface area contributed by atoms with Crippen LogP contribution in [0.2, 0.25) is 0 Å². The van der Waals surface area contributed by atoms with E-state index in [0.717, 1.165) is 16.4 Å². The second-order valence-corrected chi connectivity index (χ2v) is 7.86. The Morgan fingerprint density at radius 2 is 2.19 bits per heavy atom. The summed E-state index contributed by atoms with van der Waals surface area (Å²) >= 11 is 3.04. The predicted molar refractivity (Wildman–Crippen MR) is 77.8 cm³/mol. The molecule has 0 aliphatic carbocycles. The molecule has 1 atom stereocenters. The van der Waals surface area contributed by atoms with Crippen LogP contribution in [0.1, 0.15) is 19.8 Å². The second kappa shape index (κ2) is 5.66. The van der Waals surface area contributed by atoms with Crippen LogP contribution in [-0.4, -0.2) is 36.9 Å². The minimum Gasteiger partial charge on any atom is -0.481 e. The standard InChI is InChI=1S/C13H15BrFNO4S/c1-2-13(12(17)18)5-6-16(8-13)21(19,20)11-4-3-9(15)7-10(11)14/h3-4,7H,2,5-6,8H2,1H3,(H,17,18). The van der Waals surface area contributed by atoms with Gasteiger partial charge in [-0.05, 0) is 47.0 Å². The molecule has 0 aromatic heterocycles. The van der Waals surface area contributed by atoms with E-state index in [1.807, 2.05) is 0 Å². The highest BCUT2D eigenvalue weighted by Crippen LogP contribution is 2.38. The van der Waals surface area contributed by atoms with E-state index in [1.165, 1.54) is 6.07 Å². The van der Waals surface area contributed by atoms with Crippen molar-refractivity contribution in [1.82, 2.24) is 4.31 Å². The highest BCUT2D eigenvalue weighted by Gasteiger charge is 2.47. The summed E-state index contributed by atoms with van der Waals surface area (Å²) in [5.74, 6) is -1.53. The number of carboxylic acid groups (broad SMARTS) is 1. The normalized spacial score (nSPS) is 23.4. The molecule has 0 saturated carbocycles. The summed E-state index contributed by atoms with van der Waals surface area (Å²) < 4.78 is 39.5. The summed E-state index contributed by atoms with van der Waals surface area (Å²) in [4.78, 5) is 11.3. The van der Waals surface area contributed by atoms with Gasteiger partial charge in [0.2, 0.25) is 10.0 Å². The van der Waals surface area contributed by atoms with Gasteiger partial charge in [-0.3, -0.25) is 4.79 Å². The molecule has 1 aromatic rings. The number of sulfonamides is 1. The first-order chi connectivity index (χ1) is 9.73. The van der Waals surface area contributed by atoms with E-state index in [-0.39, 0.29) is 28.9 Å². The van der Waals surface area contributed by atoms with E-state index in [9.17, 15) is 22.7 Å². The van der Waals surface area contributed by atoms with Crippen molar-refractivity contribution in [2.45, 2.75) is 24.7 Å². The number of nitrogens with zero attached hydrogens (tertiary/aromatic N) is 1. The molecule has 0 spiro atoms. The third-order valence-corrected chi connectivity index (χ3v) is 6.78. The fourth-order valence-corrected chi connectivity index (χ4v) is 5.01. The van der Waals surface area contributed by atoms with Gasteiger partial charge < -0.3 is 5.11 Å². The number of halogens is 2. The van der Waals surface area contributed by atoms with E-state index < -0.39 is 27.2 Å². The van der Waals surface area contributed by atoms with Crippen molar-refractivity contribution in [2.75, 3.05) is 13.1 Å². The summed E-state index contributed by atoms with van der Waals surface area (Å²) in [6.07, 6.45) is 0.635. The van der Waals surface area contributed by atoms with Gasteiger partial charge in [0, 0.05) is 17.6 Å². The van der Waals surface area contributed by atoms with Gasteiger partial charge in [-0.2, -0.15) is 4.31 Å². The zero-order valence-electron chi connectivity index (χ0n) is 11.3. The van der Waals surface area contributed by atoms with Crippen LogP contribution in [-0.2, 0) is 14.8 Å². The SMILES string of the molecule is CCC1(C(=O)O)CCN(S(=O)(=O)c2ccc(F)cc2Br)C1. The van der Waals surface area contributed by atoms with Crippen molar-refractivity contribution in [3.63, 3.8) is 0 Å². The molecular weight excluding hydrogens is 365 g/mol. The zero-order valence-corrected chi connectivity index (χ0v) is 13.7. The third-order valence-electron chi connectivity index (χ3n) is 3.96. The number of rotatable bonds is 4. The minimum atomic E-state index is -3.84. The van der Waals surface area contributed by atoms with Crippen LogP contribution < -0.4 is 0 Å². The molecule has 1 N–H and O–H groups in total. The average Bonchev–Trinajstić information content (AvgIpc) is 2.84. The summed E-state index contributed by atoms with van der Waals surface area (Å²) in [6.45, 7) is 1.81. The molecule has 1 saturated heterocycles. The maximum absolute atomic E-state index is 13.1. The lowest BCUT2D eigenvalue weighted by Crippen LogP contribution is -2.36. The molecule has 21 heavy (non-hydrogen) atoms. The first-order valence-electron chi connectivity index (χ1n) is 6.41. The largest absolute Gasteiger partial charge is 0.481 e. The number of benzene rings is 1. The molecule has 2 rings (SSSR count). The number of carboxylic acids is 1. The van der Waals surface area contributed by atoms with Crippen LogP contribution in [0.5, 0.6) is 0 Å². The number of hydrogen-bond donors (Lipinski definition) is 1. The molecule has 0 bridgehead atoms. The summed E-state index contributed by atoms with van der Waals surface area (Å²) in [7, 11) is -3.84. The van der Waals surface area contributed by atoms with E-state index in [0.29, 0.717) is 6.42 Å². The van der Waals surface area contributed by atoms with Gasteiger partial charge in [0.05, 0.1) is 10.3 Å². The first kappa shape index (κ1) is 16.4. The van der Waals surface area contributed by atoms with Crippen LogP contribution in [0.3, 0.4) is 0 Å². The Labute approximate surface area is 130 Å². The van der Waals surface area contributed by atoms with E-state index >= 15 is 0 Å². The molecule has 116 valence electrons. The molecule has 1 aliphatic rings. The fourth-order valence-electron chi connectivity index (χ4n) is 2.48. The topological polar surface area (TPSA) is 74.7 Å². The number of carbonyl (C=O) groups is 1. The Morgan fingerprint density at radius 1 is 1.52 bits per heavy atom. The predicted octanol–water partition coefficient (Wildman–Crippen LogP) is 2.46. The smallest absolute Gasteiger partial charge is 0.311 e. The van der Waals surface area contributed by atoms with Crippen LogP contribution >= 0.6 is 15.9 Å².